The zero-order valence-corrected chi connectivity index (χ0v) is 10.5. The molecule has 0 bridgehead atoms. The van der Waals surface area contributed by atoms with E-state index in [1.807, 2.05) is 6.07 Å². The molecular weight excluding hydrogens is 255 g/mol. The van der Waals surface area contributed by atoms with Gasteiger partial charge in [-0.15, -0.1) is 0 Å². The molecule has 1 heterocycles. The van der Waals surface area contributed by atoms with Gasteiger partial charge in [0.25, 0.3) is 0 Å². The lowest BCUT2D eigenvalue weighted by atomic mass is 10.2. The van der Waals surface area contributed by atoms with Crippen LogP contribution in [0.4, 0.5) is 10.1 Å². The normalized spacial score (nSPS) is 10.2. The molecule has 5 heteroatoms. The summed E-state index contributed by atoms with van der Waals surface area (Å²) in [6, 6.07) is 8.03. The molecule has 0 radical (unpaired) electrons. The van der Waals surface area contributed by atoms with E-state index >= 15 is 0 Å². The van der Waals surface area contributed by atoms with Gasteiger partial charge in [-0.1, -0.05) is 11.6 Å². The Morgan fingerprint density at radius 1 is 1.33 bits per heavy atom. The van der Waals surface area contributed by atoms with Crippen LogP contribution in [0.5, 0.6) is 5.88 Å². The van der Waals surface area contributed by atoms with E-state index in [0.29, 0.717) is 17.4 Å². The lowest BCUT2D eigenvalue weighted by Gasteiger charge is -2.07. The van der Waals surface area contributed by atoms with Crippen LogP contribution in [0.3, 0.4) is 0 Å². The van der Waals surface area contributed by atoms with E-state index in [1.54, 1.807) is 25.4 Å². The second-order valence-electron chi connectivity index (χ2n) is 3.72. The largest absolute Gasteiger partial charge is 0.481 e. The molecule has 0 saturated heterocycles. The van der Waals surface area contributed by atoms with E-state index in [-0.39, 0.29) is 5.82 Å². The van der Waals surface area contributed by atoms with Gasteiger partial charge in [0.05, 0.1) is 19.0 Å². The summed E-state index contributed by atoms with van der Waals surface area (Å²) in [4.78, 5) is 4.06. The third kappa shape index (κ3) is 3.34. The topological polar surface area (TPSA) is 34.1 Å². The Kier molecular flexibility index (Phi) is 3.99. The molecule has 0 aliphatic rings. The minimum Gasteiger partial charge on any atom is -0.481 e. The minimum absolute atomic E-state index is 0.341. The highest BCUT2D eigenvalue weighted by Crippen LogP contribution is 2.16. The summed E-state index contributed by atoms with van der Waals surface area (Å²) < 4.78 is 18.1. The van der Waals surface area contributed by atoms with Gasteiger partial charge in [-0.25, -0.2) is 9.37 Å². The van der Waals surface area contributed by atoms with Crippen molar-refractivity contribution in [2.75, 3.05) is 12.4 Å². The maximum atomic E-state index is 13.1. The maximum Gasteiger partial charge on any atom is 0.213 e. The van der Waals surface area contributed by atoms with Crippen molar-refractivity contribution in [3.05, 3.63) is 52.9 Å². The highest BCUT2D eigenvalue weighted by Gasteiger charge is 2.00. The first-order valence-electron chi connectivity index (χ1n) is 5.36. The Morgan fingerprint density at radius 3 is 2.78 bits per heavy atom. The highest BCUT2D eigenvalue weighted by atomic mass is 35.5. The summed E-state index contributed by atoms with van der Waals surface area (Å²) in [7, 11) is 1.56. The third-order valence-electron chi connectivity index (χ3n) is 2.36. The first kappa shape index (κ1) is 12.6. The number of halogens is 2. The molecule has 0 spiro atoms. The summed E-state index contributed by atoms with van der Waals surface area (Å²) >= 11 is 5.77. The number of nitrogens with zero attached hydrogens (tertiary/aromatic N) is 1. The van der Waals surface area contributed by atoms with Gasteiger partial charge >= 0.3 is 0 Å². The van der Waals surface area contributed by atoms with Crippen LogP contribution >= 0.6 is 11.6 Å². The lowest BCUT2D eigenvalue weighted by Crippen LogP contribution is -2.00. The lowest BCUT2D eigenvalue weighted by molar-refractivity contribution is 0.398. The second-order valence-corrected chi connectivity index (χ2v) is 4.16. The number of ether oxygens (including phenoxy) is 1. The van der Waals surface area contributed by atoms with Crippen LogP contribution in [0.25, 0.3) is 0 Å². The van der Waals surface area contributed by atoms with E-state index in [9.17, 15) is 4.39 Å². The average Bonchev–Trinajstić information content (AvgIpc) is 2.36. The molecule has 2 rings (SSSR count). The summed E-state index contributed by atoms with van der Waals surface area (Å²) in [5.74, 6) is 0.210. The molecule has 1 N–H and O–H groups in total. The number of anilines is 1. The van der Waals surface area contributed by atoms with Crippen molar-refractivity contribution in [2.45, 2.75) is 6.54 Å². The first-order valence-corrected chi connectivity index (χ1v) is 5.74. The van der Waals surface area contributed by atoms with Crippen LogP contribution in [0.1, 0.15) is 5.56 Å². The Bertz CT molecular complexity index is 511. The zero-order valence-electron chi connectivity index (χ0n) is 9.78. The van der Waals surface area contributed by atoms with E-state index in [4.69, 9.17) is 16.3 Å². The van der Waals surface area contributed by atoms with Gasteiger partial charge in [0.15, 0.2) is 0 Å². The Labute approximate surface area is 110 Å². The van der Waals surface area contributed by atoms with Crippen LogP contribution in [0, 0.1) is 5.82 Å². The summed E-state index contributed by atoms with van der Waals surface area (Å²) in [6.45, 7) is 0.478. The zero-order chi connectivity index (χ0) is 13.0. The summed E-state index contributed by atoms with van der Waals surface area (Å²) in [5, 5.41) is 3.51. The predicted molar refractivity (Wildman–Crippen MR) is 69.5 cm³/mol. The fraction of sp³-hybridized carbons (Fsp3) is 0.154. The number of rotatable bonds is 4. The minimum atomic E-state index is -0.341. The molecule has 0 unspecified atom stereocenters. The Morgan fingerprint density at radius 2 is 2.17 bits per heavy atom. The van der Waals surface area contributed by atoms with Gasteiger partial charge in [0.1, 0.15) is 5.82 Å². The monoisotopic (exact) mass is 266 g/mol. The van der Waals surface area contributed by atoms with Crippen molar-refractivity contribution in [3.8, 4) is 5.88 Å². The number of hydrogen-bond acceptors (Lipinski definition) is 3. The highest BCUT2D eigenvalue weighted by molar-refractivity contribution is 6.30. The summed E-state index contributed by atoms with van der Waals surface area (Å²) in [6.07, 6.45) is 1.65. The van der Waals surface area contributed by atoms with Crippen molar-refractivity contribution < 1.29 is 9.13 Å². The standard InChI is InChI=1S/C13H12ClFN2O/c1-18-13-3-2-12(8-17-13)16-7-9-4-10(14)6-11(15)5-9/h2-6,8,16H,7H2,1H3. The van der Waals surface area contributed by atoms with Crippen molar-refractivity contribution in [1.82, 2.24) is 4.98 Å². The third-order valence-corrected chi connectivity index (χ3v) is 2.58. The molecule has 0 atom stereocenters. The van der Waals surface area contributed by atoms with Gasteiger partial charge in [0, 0.05) is 17.6 Å². The molecule has 18 heavy (non-hydrogen) atoms. The van der Waals surface area contributed by atoms with E-state index in [1.165, 1.54) is 12.1 Å². The number of nitrogens with one attached hydrogen (secondary N) is 1. The van der Waals surface area contributed by atoms with Crippen molar-refractivity contribution in [3.63, 3.8) is 0 Å². The molecule has 1 aromatic carbocycles. The molecule has 2 aromatic rings. The summed E-state index contributed by atoms with van der Waals surface area (Å²) in [5.41, 5.74) is 1.60. The molecule has 0 fully saturated rings. The van der Waals surface area contributed by atoms with Gasteiger partial charge in [-0.05, 0) is 29.8 Å². The van der Waals surface area contributed by atoms with Crippen molar-refractivity contribution >= 4 is 17.3 Å². The molecule has 0 aliphatic carbocycles. The second kappa shape index (κ2) is 5.69. The molecule has 94 valence electrons. The van der Waals surface area contributed by atoms with Gasteiger partial charge < -0.3 is 10.1 Å². The van der Waals surface area contributed by atoms with E-state index in [0.717, 1.165) is 11.3 Å². The van der Waals surface area contributed by atoms with Crippen LogP contribution in [0.15, 0.2) is 36.5 Å². The smallest absolute Gasteiger partial charge is 0.213 e. The van der Waals surface area contributed by atoms with Crippen LogP contribution in [-0.4, -0.2) is 12.1 Å². The number of benzene rings is 1. The van der Waals surface area contributed by atoms with E-state index in [2.05, 4.69) is 10.3 Å². The first-order chi connectivity index (χ1) is 8.67. The molecular formula is C13H12ClFN2O. The van der Waals surface area contributed by atoms with Gasteiger partial charge in [0.2, 0.25) is 5.88 Å². The maximum absolute atomic E-state index is 13.1. The Hall–Kier alpha value is -1.81. The number of aromatic nitrogens is 1. The van der Waals surface area contributed by atoms with Crippen LogP contribution < -0.4 is 10.1 Å². The predicted octanol–water partition coefficient (Wildman–Crippen LogP) is 3.49. The number of hydrogen-bond donors (Lipinski definition) is 1. The Balaban J connectivity index is 2.01. The number of methoxy groups -OCH3 is 1. The molecule has 0 amide bonds. The van der Waals surface area contributed by atoms with Gasteiger partial charge in [-0.2, -0.15) is 0 Å². The van der Waals surface area contributed by atoms with E-state index < -0.39 is 0 Å². The van der Waals surface area contributed by atoms with Crippen molar-refractivity contribution in [1.29, 1.82) is 0 Å². The fourth-order valence-corrected chi connectivity index (χ4v) is 1.77. The van der Waals surface area contributed by atoms with Crippen molar-refractivity contribution in [2.24, 2.45) is 0 Å². The average molecular weight is 267 g/mol. The fourth-order valence-electron chi connectivity index (χ4n) is 1.52. The van der Waals surface area contributed by atoms with Gasteiger partial charge in [-0.3, -0.25) is 0 Å². The van der Waals surface area contributed by atoms with Crippen LogP contribution in [-0.2, 0) is 6.54 Å². The molecule has 0 saturated carbocycles. The number of pyridine rings is 1. The van der Waals surface area contributed by atoms with Crippen LogP contribution in [0.2, 0.25) is 5.02 Å². The quantitative estimate of drug-likeness (QED) is 0.920. The molecule has 3 nitrogen and oxygen atoms in total. The molecule has 0 aliphatic heterocycles. The SMILES string of the molecule is COc1ccc(NCc2cc(F)cc(Cl)c2)cn1. The molecule has 1 aromatic heterocycles.